The van der Waals surface area contributed by atoms with E-state index in [-0.39, 0.29) is 0 Å². The zero-order chi connectivity index (χ0) is 17.3. The summed E-state index contributed by atoms with van der Waals surface area (Å²) in [5.41, 5.74) is 1.03. The average molecular weight is 382 g/mol. The van der Waals surface area contributed by atoms with Crippen LogP contribution >= 0.6 is 23.1 Å². The van der Waals surface area contributed by atoms with Gasteiger partial charge in [-0.1, -0.05) is 23.0 Å². The Morgan fingerprint density at radius 3 is 2.85 bits per heavy atom. The van der Waals surface area contributed by atoms with E-state index in [0.29, 0.717) is 23.5 Å². The second-order valence-corrected chi connectivity index (χ2v) is 7.82. The predicted molar refractivity (Wildman–Crippen MR) is 98.7 cm³/mol. The Balaban J connectivity index is 1.37. The third-order valence-corrected chi connectivity index (χ3v) is 5.84. The Morgan fingerprint density at radius 2 is 2.08 bits per heavy atom. The number of aromatic nitrogens is 6. The molecule has 4 aromatic rings. The Morgan fingerprint density at radius 1 is 1.19 bits per heavy atom. The molecule has 1 saturated carbocycles. The highest BCUT2D eigenvalue weighted by atomic mass is 32.2. The highest BCUT2D eigenvalue weighted by Gasteiger charge is 2.30. The van der Waals surface area contributed by atoms with Crippen molar-refractivity contribution in [3.05, 3.63) is 47.9 Å². The number of nitrogens with zero attached hydrogens (tertiary/aromatic N) is 6. The summed E-state index contributed by atoms with van der Waals surface area (Å²) in [5, 5.41) is 15.8. The normalized spacial score (nSPS) is 14.0. The molecule has 0 bridgehead atoms. The fraction of sp³-hybridized carbons (Fsp3) is 0.235. The SMILES string of the molecule is c1csc(-c2nc(CSc3nnc(-c4ccncc4)n3C3CC3)no2)c1. The summed E-state index contributed by atoms with van der Waals surface area (Å²) in [5.74, 6) is 2.71. The van der Waals surface area contributed by atoms with Crippen molar-refractivity contribution in [2.45, 2.75) is 29.8 Å². The van der Waals surface area contributed by atoms with Gasteiger partial charge in [0.2, 0.25) is 0 Å². The number of rotatable bonds is 6. The third kappa shape index (κ3) is 3.04. The van der Waals surface area contributed by atoms with Crippen molar-refractivity contribution in [3.8, 4) is 22.2 Å². The molecule has 26 heavy (non-hydrogen) atoms. The van der Waals surface area contributed by atoms with Crippen LogP contribution in [0.15, 0.2) is 51.7 Å². The van der Waals surface area contributed by atoms with Gasteiger partial charge in [-0.25, -0.2) is 0 Å². The van der Waals surface area contributed by atoms with Crippen molar-refractivity contribution in [1.29, 1.82) is 0 Å². The van der Waals surface area contributed by atoms with Crippen LogP contribution in [0.1, 0.15) is 24.7 Å². The first-order valence-electron chi connectivity index (χ1n) is 8.23. The van der Waals surface area contributed by atoms with Gasteiger partial charge in [-0.2, -0.15) is 4.98 Å². The molecular weight excluding hydrogens is 368 g/mol. The molecule has 9 heteroatoms. The number of thiophene rings is 1. The van der Waals surface area contributed by atoms with Crippen LogP contribution in [-0.2, 0) is 5.75 Å². The van der Waals surface area contributed by atoms with E-state index >= 15 is 0 Å². The molecule has 1 aliphatic carbocycles. The van der Waals surface area contributed by atoms with E-state index in [1.807, 2.05) is 29.6 Å². The van der Waals surface area contributed by atoms with E-state index in [2.05, 4.69) is 29.9 Å². The first-order valence-corrected chi connectivity index (χ1v) is 10.1. The lowest BCUT2D eigenvalue weighted by atomic mass is 10.2. The fourth-order valence-corrected chi connectivity index (χ4v) is 4.17. The molecule has 7 nitrogen and oxygen atoms in total. The van der Waals surface area contributed by atoms with Crippen LogP contribution < -0.4 is 0 Å². The molecule has 1 fully saturated rings. The Hall–Kier alpha value is -2.52. The molecule has 0 saturated heterocycles. The van der Waals surface area contributed by atoms with E-state index < -0.39 is 0 Å². The summed E-state index contributed by atoms with van der Waals surface area (Å²) in [6.45, 7) is 0. The lowest BCUT2D eigenvalue weighted by Gasteiger charge is -2.07. The fourth-order valence-electron chi connectivity index (χ4n) is 2.68. The summed E-state index contributed by atoms with van der Waals surface area (Å²) in [4.78, 5) is 9.53. The summed E-state index contributed by atoms with van der Waals surface area (Å²) in [6, 6.07) is 8.34. The van der Waals surface area contributed by atoms with E-state index in [4.69, 9.17) is 4.52 Å². The van der Waals surface area contributed by atoms with Gasteiger partial charge in [0.25, 0.3) is 5.89 Å². The van der Waals surface area contributed by atoms with Crippen LogP contribution in [0.4, 0.5) is 0 Å². The molecule has 0 unspecified atom stereocenters. The van der Waals surface area contributed by atoms with Crippen molar-refractivity contribution in [2.75, 3.05) is 0 Å². The van der Waals surface area contributed by atoms with E-state index in [1.54, 1.807) is 35.5 Å². The second kappa shape index (κ2) is 6.65. The van der Waals surface area contributed by atoms with Gasteiger partial charge in [-0.3, -0.25) is 9.55 Å². The highest BCUT2D eigenvalue weighted by molar-refractivity contribution is 7.98. The predicted octanol–water partition coefficient (Wildman–Crippen LogP) is 4.08. The molecule has 0 radical (unpaired) electrons. The van der Waals surface area contributed by atoms with Gasteiger partial charge in [0, 0.05) is 24.0 Å². The molecule has 4 heterocycles. The van der Waals surface area contributed by atoms with Crippen molar-refractivity contribution in [2.24, 2.45) is 0 Å². The standard InChI is InChI=1S/C17H14N6OS2/c1-2-13(25-9-1)16-19-14(22-24-16)10-26-17-21-20-15(23(17)12-3-4-12)11-5-7-18-8-6-11/h1-2,5-9,12H,3-4,10H2. The lowest BCUT2D eigenvalue weighted by molar-refractivity contribution is 0.426. The second-order valence-electron chi connectivity index (χ2n) is 5.92. The summed E-state index contributed by atoms with van der Waals surface area (Å²) in [7, 11) is 0. The molecule has 0 N–H and O–H groups in total. The molecule has 0 aromatic carbocycles. The van der Waals surface area contributed by atoms with Gasteiger partial charge >= 0.3 is 0 Å². The largest absolute Gasteiger partial charge is 0.333 e. The minimum Gasteiger partial charge on any atom is -0.333 e. The number of pyridine rings is 1. The summed E-state index contributed by atoms with van der Waals surface area (Å²) >= 11 is 3.17. The monoisotopic (exact) mass is 382 g/mol. The maximum absolute atomic E-state index is 5.35. The van der Waals surface area contributed by atoms with Crippen molar-refractivity contribution in [1.82, 2.24) is 29.9 Å². The minimum absolute atomic E-state index is 0.475. The Bertz CT molecular complexity index is 1010. The van der Waals surface area contributed by atoms with Crippen LogP contribution in [0.25, 0.3) is 22.2 Å². The van der Waals surface area contributed by atoms with Crippen molar-refractivity contribution < 1.29 is 4.52 Å². The molecule has 5 rings (SSSR count). The first kappa shape index (κ1) is 15.7. The van der Waals surface area contributed by atoms with Gasteiger partial charge in [0.1, 0.15) is 0 Å². The van der Waals surface area contributed by atoms with E-state index in [0.717, 1.165) is 34.3 Å². The van der Waals surface area contributed by atoms with Crippen molar-refractivity contribution in [3.63, 3.8) is 0 Å². The molecule has 130 valence electrons. The van der Waals surface area contributed by atoms with Gasteiger partial charge in [-0.15, -0.1) is 21.5 Å². The molecule has 0 amide bonds. The topological polar surface area (TPSA) is 82.5 Å². The van der Waals surface area contributed by atoms with Gasteiger partial charge in [0.15, 0.2) is 16.8 Å². The molecular formula is C17H14N6OS2. The molecule has 0 aliphatic heterocycles. The zero-order valence-electron chi connectivity index (χ0n) is 13.6. The van der Waals surface area contributed by atoms with E-state index in [9.17, 15) is 0 Å². The van der Waals surface area contributed by atoms with Crippen LogP contribution in [0, 0.1) is 0 Å². The van der Waals surface area contributed by atoms with Crippen LogP contribution in [0.3, 0.4) is 0 Å². The van der Waals surface area contributed by atoms with Gasteiger partial charge in [-0.05, 0) is 36.4 Å². The third-order valence-electron chi connectivity index (χ3n) is 4.05. The maximum Gasteiger partial charge on any atom is 0.268 e. The minimum atomic E-state index is 0.475. The quantitative estimate of drug-likeness (QED) is 0.465. The van der Waals surface area contributed by atoms with Gasteiger partial charge < -0.3 is 4.52 Å². The molecule has 0 atom stereocenters. The number of hydrogen-bond acceptors (Lipinski definition) is 8. The summed E-state index contributed by atoms with van der Waals surface area (Å²) in [6.07, 6.45) is 5.88. The van der Waals surface area contributed by atoms with Crippen LogP contribution in [0.2, 0.25) is 0 Å². The van der Waals surface area contributed by atoms with E-state index in [1.165, 1.54) is 0 Å². The molecule has 4 aromatic heterocycles. The van der Waals surface area contributed by atoms with Crippen LogP contribution in [-0.4, -0.2) is 29.9 Å². The van der Waals surface area contributed by atoms with Crippen molar-refractivity contribution >= 4 is 23.1 Å². The molecule has 1 aliphatic rings. The average Bonchev–Trinajstić information content (AvgIpc) is 3.10. The lowest BCUT2D eigenvalue weighted by Crippen LogP contribution is -2.00. The first-order chi connectivity index (χ1) is 12.9. The van der Waals surface area contributed by atoms with Gasteiger partial charge in [0.05, 0.1) is 10.6 Å². The number of thioether (sulfide) groups is 1. The number of hydrogen-bond donors (Lipinski definition) is 0. The maximum atomic E-state index is 5.35. The summed E-state index contributed by atoms with van der Waals surface area (Å²) < 4.78 is 7.57. The molecule has 0 spiro atoms. The Kier molecular flexibility index (Phi) is 4.02. The van der Waals surface area contributed by atoms with Crippen LogP contribution in [0.5, 0.6) is 0 Å². The Labute approximate surface area is 157 Å². The smallest absolute Gasteiger partial charge is 0.268 e. The highest BCUT2D eigenvalue weighted by Crippen LogP contribution is 2.41. The zero-order valence-corrected chi connectivity index (χ0v) is 15.3.